The number of carbonyl (C=O) groups excluding carboxylic acids is 1. The number of sulfonamides is 1. The lowest BCUT2D eigenvalue weighted by Gasteiger charge is -2.27. The molecule has 6 heteroatoms. The van der Waals surface area contributed by atoms with Crippen molar-refractivity contribution < 1.29 is 17.9 Å². The fraction of sp³-hybridized carbons (Fsp3) is 0.562. The number of carbonyl (C=O) groups is 1. The lowest BCUT2D eigenvalue weighted by Crippen LogP contribution is -2.39. The largest absolute Gasteiger partial charge is 0.497 e. The highest BCUT2D eigenvalue weighted by molar-refractivity contribution is 7.90. The normalized spacial score (nSPS) is 22.1. The number of hydrogen-bond acceptors (Lipinski definition) is 4. The minimum Gasteiger partial charge on any atom is -0.497 e. The molecule has 1 saturated carbocycles. The topological polar surface area (TPSA) is 72.5 Å². The number of ether oxygens (including phenoxy) is 1. The zero-order chi connectivity index (χ0) is 16.3. The van der Waals surface area contributed by atoms with Gasteiger partial charge in [0.2, 0.25) is 5.91 Å². The Labute approximate surface area is 132 Å². The molecule has 0 bridgehead atoms. The van der Waals surface area contributed by atoms with Crippen molar-refractivity contribution >= 4 is 15.9 Å². The Morgan fingerprint density at radius 1 is 1.27 bits per heavy atom. The van der Waals surface area contributed by atoms with E-state index in [1.54, 1.807) is 19.1 Å². The van der Waals surface area contributed by atoms with Crippen LogP contribution >= 0.6 is 0 Å². The first-order valence-corrected chi connectivity index (χ1v) is 9.05. The third-order valence-corrected chi connectivity index (χ3v) is 5.86. The van der Waals surface area contributed by atoms with E-state index in [1.807, 2.05) is 6.92 Å². The van der Waals surface area contributed by atoms with Crippen molar-refractivity contribution in [2.45, 2.75) is 44.4 Å². The van der Waals surface area contributed by atoms with Gasteiger partial charge in [-0.25, -0.2) is 13.1 Å². The number of nitrogens with one attached hydrogen (secondary N) is 1. The summed E-state index contributed by atoms with van der Waals surface area (Å²) in [7, 11) is -2.32. The molecule has 122 valence electrons. The molecule has 0 spiro atoms. The number of amides is 1. The third-order valence-electron chi connectivity index (χ3n) is 4.35. The van der Waals surface area contributed by atoms with Crippen LogP contribution in [0.2, 0.25) is 0 Å². The summed E-state index contributed by atoms with van der Waals surface area (Å²) in [5, 5.41) is 0. The molecule has 0 aromatic heterocycles. The van der Waals surface area contributed by atoms with Crippen LogP contribution in [0, 0.1) is 18.8 Å². The summed E-state index contributed by atoms with van der Waals surface area (Å²) in [5.74, 6) is 0.203. The fourth-order valence-corrected chi connectivity index (χ4v) is 4.28. The van der Waals surface area contributed by atoms with Crippen LogP contribution in [0.3, 0.4) is 0 Å². The average Bonchev–Trinajstić information content (AvgIpc) is 2.46. The molecule has 1 N–H and O–H groups in total. The first-order valence-electron chi connectivity index (χ1n) is 7.56. The Morgan fingerprint density at radius 2 is 1.95 bits per heavy atom. The van der Waals surface area contributed by atoms with Gasteiger partial charge in [0.25, 0.3) is 10.0 Å². The van der Waals surface area contributed by atoms with Gasteiger partial charge < -0.3 is 4.74 Å². The lowest BCUT2D eigenvalue weighted by atomic mass is 9.80. The van der Waals surface area contributed by atoms with Gasteiger partial charge >= 0.3 is 0 Å². The summed E-state index contributed by atoms with van der Waals surface area (Å²) in [5.41, 5.74) is 0.552. The first kappa shape index (κ1) is 16.8. The third kappa shape index (κ3) is 3.61. The van der Waals surface area contributed by atoms with Crippen LogP contribution < -0.4 is 9.46 Å². The Morgan fingerprint density at radius 3 is 2.55 bits per heavy atom. The zero-order valence-electron chi connectivity index (χ0n) is 13.3. The highest BCUT2D eigenvalue weighted by Crippen LogP contribution is 2.30. The zero-order valence-corrected chi connectivity index (χ0v) is 14.1. The summed E-state index contributed by atoms with van der Waals surface area (Å²) in [4.78, 5) is 12.4. The van der Waals surface area contributed by atoms with Crippen molar-refractivity contribution in [1.82, 2.24) is 4.72 Å². The molecule has 0 radical (unpaired) electrons. The minimum absolute atomic E-state index is 0.116. The monoisotopic (exact) mass is 325 g/mol. The molecule has 5 nitrogen and oxygen atoms in total. The van der Waals surface area contributed by atoms with Crippen LogP contribution in [0.4, 0.5) is 0 Å². The molecular weight excluding hydrogens is 302 g/mol. The first-order chi connectivity index (χ1) is 10.3. The van der Waals surface area contributed by atoms with Gasteiger partial charge in [0.1, 0.15) is 5.75 Å². The smallest absolute Gasteiger partial charge is 0.264 e. The molecule has 2 rings (SSSR count). The number of hydrogen-bond donors (Lipinski definition) is 1. The van der Waals surface area contributed by atoms with E-state index < -0.39 is 10.0 Å². The Balaban J connectivity index is 2.18. The lowest BCUT2D eigenvalue weighted by molar-refractivity contribution is -0.125. The molecule has 2 atom stereocenters. The quantitative estimate of drug-likeness (QED) is 0.923. The van der Waals surface area contributed by atoms with E-state index >= 15 is 0 Å². The van der Waals surface area contributed by atoms with E-state index in [9.17, 15) is 13.2 Å². The molecular formula is C16H23NO4S. The van der Waals surface area contributed by atoms with Crippen molar-refractivity contribution in [3.05, 3.63) is 23.8 Å². The van der Waals surface area contributed by atoms with Crippen molar-refractivity contribution in [3.63, 3.8) is 0 Å². The van der Waals surface area contributed by atoms with Gasteiger partial charge in [0, 0.05) is 5.92 Å². The molecule has 1 fully saturated rings. The molecule has 1 aliphatic carbocycles. The van der Waals surface area contributed by atoms with Gasteiger partial charge in [0.05, 0.1) is 12.0 Å². The SMILES string of the molecule is COc1ccc(S(=O)(=O)NC(=O)C2CCCCC2C)c(C)c1. The van der Waals surface area contributed by atoms with Gasteiger partial charge in [-0.2, -0.15) is 0 Å². The maximum absolute atomic E-state index is 12.4. The van der Waals surface area contributed by atoms with Crippen LogP contribution in [-0.4, -0.2) is 21.4 Å². The minimum atomic E-state index is -3.84. The highest BCUT2D eigenvalue weighted by Gasteiger charge is 2.31. The number of benzene rings is 1. The maximum atomic E-state index is 12.4. The molecule has 0 heterocycles. The van der Waals surface area contributed by atoms with Gasteiger partial charge in [-0.05, 0) is 49.4 Å². The Hall–Kier alpha value is -1.56. The summed E-state index contributed by atoms with van der Waals surface area (Å²) in [6, 6.07) is 4.69. The van der Waals surface area contributed by atoms with E-state index in [1.165, 1.54) is 13.2 Å². The molecule has 22 heavy (non-hydrogen) atoms. The van der Waals surface area contributed by atoms with E-state index in [4.69, 9.17) is 4.74 Å². The van der Waals surface area contributed by atoms with Crippen LogP contribution in [0.15, 0.2) is 23.1 Å². The average molecular weight is 325 g/mol. The summed E-state index contributed by atoms with van der Waals surface area (Å²) in [6.07, 6.45) is 3.81. The molecule has 1 aromatic rings. The van der Waals surface area contributed by atoms with Crippen LogP contribution in [0.1, 0.15) is 38.2 Å². The number of methoxy groups -OCH3 is 1. The summed E-state index contributed by atoms with van der Waals surface area (Å²) < 4.78 is 32.2. The van der Waals surface area contributed by atoms with E-state index in [0.29, 0.717) is 11.3 Å². The maximum Gasteiger partial charge on any atom is 0.264 e. The molecule has 1 amide bonds. The second-order valence-electron chi connectivity index (χ2n) is 5.97. The van der Waals surface area contributed by atoms with Crippen molar-refractivity contribution in [3.8, 4) is 5.75 Å². The molecule has 1 aromatic carbocycles. The van der Waals surface area contributed by atoms with Crippen LogP contribution in [0.25, 0.3) is 0 Å². The predicted molar refractivity (Wildman–Crippen MR) is 84.2 cm³/mol. The van der Waals surface area contributed by atoms with E-state index in [0.717, 1.165) is 25.7 Å². The van der Waals surface area contributed by atoms with Gasteiger partial charge in [-0.1, -0.05) is 19.8 Å². The Kier molecular flexibility index (Phi) is 5.11. The van der Waals surface area contributed by atoms with E-state index in [2.05, 4.69) is 4.72 Å². The number of aryl methyl sites for hydroxylation is 1. The number of rotatable bonds is 4. The molecule has 2 unspecified atom stereocenters. The molecule has 1 aliphatic rings. The standard InChI is InChI=1S/C16H23NO4S/c1-11-6-4-5-7-14(11)16(18)17-22(19,20)15-9-8-13(21-3)10-12(15)2/h8-11,14H,4-7H2,1-3H3,(H,17,18). The van der Waals surface area contributed by atoms with Crippen molar-refractivity contribution in [2.24, 2.45) is 11.8 Å². The van der Waals surface area contributed by atoms with Crippen LogP contribution in [-0.2, 0) is 14.8 Å². The van der Waals surface area contributed by atoms with Gasteiger partial charge in [-0.3, -0.25) is 4.79 Å². The molecule has 0 aliphatic heterocycles. The van der Waals surface area contributed by atoms with Gasteiger partial charge in [-0.15, -0.1) is 0 Å². The second-order valence-corrected chi connectivity index (χ2v) is 7.62. The van der Waals surface area contributed by atoms with E-state index in [-0.39, 0.29) is 22.6 Å². The van der Waals surface area contributed by atoms with Gasteiger partial charge in [0.15, 0.2) is 0 Å². The molecule has 0 saturated heterocycles. The van der Waals surface area contributed by atoms with Crippen molar-refractivity contribution in [1.29, 1.82) is 0 Å². The summed E-state index contributed by atoms with van der Waals surface area (Å²) >= 11 is 0. The summed E-state index contributed by atoms with van der Waals surface area (Å²) in [6.45, 7) is 3.69. The van der Waals surface area contributed by atoms with Crippen LogP contribution in [0.5, 0.6) is 5.75 Å². The predicted octanol–water partition coefficient (Wildman–Crippen LogP) is 2.63. The highest BCUT2D eigenvalue weighted by atomic mass is 32.2. The second kappa shape index (κ2) is 6.69. The fourth-order valence-electron chi connectivity index (χ4n) is 3.02. The Bertz CT molecular complexity index is 654. The van der Waals surface area contributed by atoms with Crippen molar-refractivity contribution in [2.75, 3.05) is 7.11 Å².